The van der Waals surface area contributed by atoms with Gasteiger partial charge in [0.25, 0.3) is 0 Å². The number of carbonyl (C=O) groups excluding carboxylic acids is 2. The molecule has 0 radical (unpaired) electrons. The summed E-state index contributed by atoms with van der Waals surface area (Å²) in [5.41, 5.74) is 0.707. The van der Waals surface area contributed by atoms with Crippen molar-refractivity contribution in [2.24, 2.45) is 5.92 Å². The van der Waals surface area contributed by atoms with E-state index in [9.17, 15) is 14.0 Å². The Bertz CT molecular complexity index is 1040. The number of para-hydroxylation sites is 4. The average molecular weight is 390 g/mol. The average Bonchev–Trinajstić information content (AvgIpc) is 3.12. The van der Waals surface area contributed by atoms with Gasteiger partial charge in [-0.1, -0.05) is 42.5 Å². The summed E-state index contributed by atoms with van der Waals surface area (Å²) in [4.78, 5) is 26.8. The van der Waals surface area contributed by atoms with Crippen LogP contribution >= 0.6 is 0 Å². The minimum Gasteiger partial charge on any atom is -0.455 e. The number of nitrogens with zero attached hydrogens (tertiary/aromatic N) is 1. The summed E-state index contributed by atoms with van der Waals surface area (Å²) in [5, 5.41) is 2.58. The van der Waals surface area contributed by atoms with Gasteiger partial charge in [-0.15, -0.1) is 0 Å². The number of hydrogen-bond acceptors (Lipinski definition) is 3. The van der Waals surface area contributed by atoms with Gasteiger partial charge in [0, 0.05) is 13.0 Å². The minimum atomic E-state index is -0.577. The van der Waals surface area contributed by atoms with Gasteiger partial charge in [-0.05, 0) is 36.4 Å². The fourth-order valence-electron chi connectivity index (χ4n) is 3.30. The van der Waals surface area contributed by atoms with Crippen molar-refractivity contribution in [3.8, 4) is 11.5 Å². The molecule has 0 aromatic heterocycles. The Balaban J connectivity index is 1.51. The smallest absolute Gasteiger partial charge is 0.229 e. The molecule has 1 fully saturated rings. The maximum atomic E-state index is 13.8. The molecule has 0 spiro atoms. The molecule has 1 aliphatic rings. The lowest BCUT2D eigenvalue weighted by Crippen LogP contribution is -2.28. The van der Waals surface area contributed by atoms with Gasteiger partial charge in [0.1, 0.15) is 11.6 Å². The number of halogens is 1. The molecule has 0 saturated carbocycles. The van der Waals surface area contributed by atoms with Crippen LogP contribution in [0.5, 0.6) is 11.5 Å². The van der Waals surface area contributed by atoms with Crippen LogP contribution in [0.2, 0.25) is 0 Å². The van der Waals surface area contributed by atoms with E-state index in [2.05, 4.69) is 5.32 Å². The summed E-state index contributed by atoms with van der Waals surface area (Å²) in [6.07, 6.45) is 0.0555. The Morgan fingerprint density at radius 3 is 2.45 bits per heavy atom. The van der Waals surface area contributed by atoms with Crippen molar-refractivity contribution in [1.29, 1.82) is 0 Å². The first-order chi connectivity index (χ1) is 14.1. The van der Waals surface area contributed by atoms with E-state index in [1.54, 1.807) is 29.2 Å². The van der Waals surface area contributed by atoms with E-state index in [1.807, 2.05) is 42.5 Å². The molecule has 3 aromatic carbocycles. The molecule has 1 saturated heterocycles. The Labute approximate surface area is 167 Å². The number of ether oxygens (including phenoxy) is 1. The number of hydrogen-bond donors (Lipinski definition) is 1. The molecule has 1 N–H and O–H groups in total. The van der Waals surface area contributed by atoms with Crippen LogP contribution in [-0.2, 0) is 9.59 Å². The highest BCUT2D eigenvalue weighted by Gasteiger charge is 2.36. The Kier molecular flexibility index (Phi) is 5.24. The zero-order chi connectivity index (χ0) is 20.2. The normalized spacial score (nSPS) is 16.0. The van der Waals surface area contributed by atoms with E-state index >= 15 is 0 Å². The second-order valence-electron chi connectivity index (χ2n) is 6.76. The molecule has 6 heteroatoms. The molecule has 1 atom stereocenters. The molecular weight excluding hydrogens is 371 g/mol. The van der Waals surface area contributed by atoms with Crippen LogP contribution in [0.25, 0.3) is 0 Å². The van der Waals surface area contributed by atoms with Crippen molar-refractivity contribution >= 4 is 23.2 Å². The van der Waals surface area contributed by atoms with Gasteiger partial charge in [0.05, 0.1) is 17.3 Å². The SMILES string of the molecule is O=C(Nc1ccccc1F)C1CC(=O)N(c2ccccc2Oc2ccccc2)C1. The Morgan fingerprint density at radius 2 is 1.66 bits per heavy atom. The maximum Gasteiger partial charge on any atom is 0.229 e. The third kappa shape index (κ3) is 4.11. The monoisotopic (exact) mass is 390 g/mol. The topological polar surface area (TPSA) is 58.6 Å². The molecule has 4 rings (SSSR count). The lowest BCUT2D eigenvalue weighted by molar-refractivity contribution is -0.122. The Morgan fingerprint density at radius 1 is 0.966 bits per heavy atom. The lowest BCUT2D eigenvalue weighted by Gasteiger charge is -2.20. The third-order valence-electron chi connectivity index (χ3n) is 4.75. The van der Waals surface area contributed by atoms with Gasteiger partial charge in [-0.25, -0.2) is 4.39 Å². The van der Waals surface area contributed by atoms with E-state index in [-0.39, 0.29) is 30.5 Å². The number of nitrogens with one attached hydrogen (secondary N) is 1. The third-order valence-corrected chi connectivity index (χ3v) is 4.75. The summed E-state index contributed by atoms with van der Waals surface area (Å²) in [6.45, 7) is 0.203. The standard InChI is InChI=1S/C23H19FN2O3/c24-18-10-4-5-11-19(18)25-23(28)16-14-22(27)26(15-16)20-12-6-7-13-21(20)29-17-8-2-1-3-9-17/h1-13,16H,14-15H2,(H,25,28). The molecule has 0 aliphatic carbocycles. The van der Waals surface area contributed by atoms with Crippen LogP contribution in [-0.4, -0.2) is 18.4 Å². The first kappa shape index (κ1) is 18.7. The van der Waals surface area contributed by atoms with Crippen molar-refractivity contribution in [3.05, 3.63) is 84.7 Å². The molecule has 29 heavy (non-hydrogen) atoms. The van der Waals surface area contributed by atoms with E-state index in [1.165, 1.54) is 12.1 Å². The van der Waals surface area contributed by atoms with Gasteiger partial charge < -0.3 is 15.0 Å². The molecule has 5 nitrogen and oxygen atoms in total. The first-order valence-corrected chi connectivity index (χ1v) is 9.29. The molecular formula is C23H19FN2O3. The second kappa shape index (κ2) is 8.14. The predicted octanol–water partition coefficient (Wildman–Crippen LogP) is 4.61. The van der Waals surface area contributed by atoms with E-state index in [0.29, 0.717) is 17.2 Å². The van der Waals surface area contributed by atoms with Crippen LogP contribution in [0.15, 0.2) is 78.9 Å². The fraction of sp³-hybridized carbons (Fsp3) is 0.130. The molecule has 0 bridgehead atoms. The molecule has 1 aliphatic heterocycles. The maximum absolute atomic E-state index is 13.8. The minimum absolute atomic E-state index is 0.0555. The predicted molar refractivity (Wildman–Crippen MR) is 108 cm³/mol. The van der Waals surface area contributed by atoms with E-state index < -0.39 is 11.7 Å². The van der Waals surface area contributed by atoms with Crippen molar-refractivity contribution in [3.63, 3.8) is 0 Å². The van der Waals surface area contributed by atoms with Crippen molar-refractivity contribution in [1.82, 2.24) is 0 Å². The number of rotatable bonds is 5. The molecule has 146 valence electrons. The van der Waals surface area contributed by atoms with Crippen LogP contribution in [0, 0.1) is 11.7 Å². The summed E-state index contributed by atoms with van der Waals surface area (Å²) in [5.74, 6) is -0.464. The fourth-order valence-corrected chi connectivity index (χ4v) is 3.30. The van der Waals surface area contributed by atoms with Crippen LogP contribution in [0.4, 0.5) is 15.8 Å². The van der Waals surface area contributed by atoms with Crippen molar-refractivity contribution in [2.75, 3.05) is 16.8 Å². The van der Waals surface area contributed by atoms with Gasteiger partial charge in [0.2, 0.25) is 11.8 Å². The molecule has 1 heterocycles. The quantitative estimate of drug-likeness (QED) is 0.692. The largest absolute Gasteiger partial charge is 0.455 e. The molecule has 3 aromatic rings. The highest BCUT2D eigenvalue weighted by Crippen LogP contribution is 2.36. The van der Waals surface area contributed by atoms with Gasteiger partial charge in [-0.3, -0.25) is 9.59 Å². The zero-order valence-electron chi connectivity index (χ0n) is 15.5. The number of amides is 2. The number of carbonyl (C=O) groups is 2. The first-order valence-electron chi connectivity index (χ1n) is 9.29. The van der Waals surface area contributed by atoms with E-state index in [4.69, 9.17) is 4.74 Å². The lowest BCUT2D eigenvalue weighted by atomic mass is 10.1. The highest BCUT2D eigenvalue weighted by molar-refractivity contribution is 6.04. The summed E-state index contributed by atoms with van der Waals surface area (Å²) in [7, 11) is 0. The second-order valence-corrected chi connectivity index (χ2v) is 6.76. The zero-order valence-corrected chi connectivity index (χ0v) is 15.5. The number of anilines is 2. The summed E-state index contributed by atoms with van der Waals surface area (Å²) < 4.78 is 19.7. The van der Waals surface area contributed by atoms with Crippen LogP contribution < -0.4 is 15.0 Å². The summed E-state index contributed by atoms with van der Waals surface area (Å²) >= 11 is 0. The molecule has 1 unspecified atom stereocenters. The number of benzene rings is 3. The van der Waals surface area contributed by atoms with Crippen LogP contribution in [0.1, 0.15) is 6.42 Å². The molecule has 2 amide bonds. The van der Waals surface area contributed by atoms with Gasteiger partial charge >= 0.3 is 0 Å². The highest BCUT2D eigenvalue weighted by atomic mass is 19.1. The van der Waals surface area contributed by atoms with Gasteiger partial charge in [-0.2, -0.15) is 0 Å². The van der Waals surface area contributed by atoms with Crippen molar-refractivity contribution < 1.29 is 18.7 Å². The van der Waals surface area contributed by atoms with Crippen LogP contribution in [0.3, 0.4) is 0 Å². The van der Waals surface area contributed by atoms with E-state index in [0.717, 1.165) is 0 Å². The van der Waals surface area contributed by atoms with Gasteiger partial charge in [0.15, 0.2) is 5.75 Å². The summed E-state index contributed by atoms with van der Waals surface area (Å²) in [6, 6.07) is 22.4. The Hall–Kier alpha value is -3.67. The van der Waals surface area contributed by atoms with Crippen molar-refractivity contribution in [2.45, 2.75) is 6.42 Å².